The minimum Gasteiger partial charge on any atom is -0.432 e. The van der Waals surface area contributed by atoms with Crippen LogP contribution in [0.1, 0.15) is 47.0 Å². The first-order chi connectivity index (χ1) is 8.40. The van der Waals surface area contributed by atoms with Crippen LogP contribution in [0.15, 0.2) is 0 Å². The van der Waals surface area contributed by atoms with Crippen molar-refractivity contribution < 1.29 is 19.4 Å². The van der Waals surface area contributed by atoms with Crippen LogP contribution in [-0.2, 0) is 9.47 Å². The van der Waals surface area contributed by atoms with E-state index in [4.69, 9.17) is 14.6 Å². The van der Waals surface area contributed by atoms with Gasteiger partial charge in [-0.05, 0) is 37.5 Å². The van der Waals surface area contributed by atoms with Gasteiger partial charge in [-0.15, -0.1) is 0 Å². The van der Waals surface area contributed by atoms with Crippen molar-refractivity contribution in [2.24, 2.45) is 17.8 Å². The van der Waals surface area contributed by atoms with E-state index in [1.165, 1.54) is 6.42 Å². The molecule has 4 nitrogen and oxygen atoms in total. The molecular formula is C14H26O4. The number of rotatable bonds is 4. The second kappa shape index (κ2) is 6.98. The van der Waals surface area contributed by atoms with Gasteiger partial charge in [-0.3, -0.25) is 0 Å². The van der Waals surface area contributed by atoms with Gasteiger partial charge in [-0.25, -0.2) is 4.79 Å². The number of ether oxygens (including phenoxy) is 2. The Labute approximate surface area is 110 Å². The molecular weight excluding hydrogens is 232 g/mol. The molecule has 1 aliphatic carbocycles. The van der Waals surface area contributed by atoms with Crippen molar-refractivity contribution >= 4 is 6.16 Å². The lowest BCUT2D eigenvalue weighted by atomic mass is 9.75. The van der Waals surface area contributed by atoms with E-state index < -0.39 is 12.3 Å². The Morgan fingerprint density at radius 3 is 2.56 bits per heavy atom. The Balaban J connectivity index is 2.47. The number of carbonyl (C=O) groups excluding carboxylic acids is 1. The Morgan fingerprint density at radius 2 is 2.00 bits per heavy atom. The highest BCUT2D eigenvalue weighted by Crippen LogP contribution is 2.35. The average Bonchev–Trinajstić information content (AvgIpc) is 2.26. The number of hydrogen-bond acceptors (Lipinski definition) is 4. The van der Waals surface area contributed by atoms with E-state index in [0.717, 1.165) is 12.8 Å². The van der Waals surface area contributed by atoms with Crippen molar-refractivity contribution in [2.45, 2.75) is 59.2 Å². The minimum atomic E-state index is -0.652. The van der Waals surface area contributed by atoms with Gasteiger partial charge in [0.2, 0.25) is 0 Å². The highest BCUT2D eigenvalue weighted by atomic mass is 16.7. The van der Waals surface area contributed by atoms with Gasteiger partial charge in [-0.2, -0.15) is 0 Å². The summed E-state index contributed by atoms with van der Waals surface area (Å²) >= 11 is 0. The molecule has 0 radical (unpaired) electrons. The molecule has 0 heterocycles. The fourth-order valence-corrected chi connectivity index (χ4v) is 2.60. The van der Waals surface area contributed by atoms with E-state index >= 15 is 0 Å². The molecule has 0 aromatic carbocycles. The largest absolute Gasteiger partial charge is 0.508 e. The van der Waals surface area contributed by atoms with E-state index in [1.54, 1.807) is 6.92 Å². The van der Waals surface area contributed by atoms with Crippen molar-refractivity contribution in [3.63, 3.8) is 0 Å². The van der Waals surface area contributed by atoms with E-state index in [-0.39, 0.29) is 12.7 Å². The van der Waals surface area contributed by atoms with Gasteiger partial charge in [0.25, 0.3) is 0 Å². The van der Waals surface area contributed by atoms with Gasteiger partial charge < -0.3 is 14.6 Å². The first-order valence-electron chi connectivity index (χ1n) is 6.91. The molecule has 0 aromatic heterocycles. The first-order valence-corrected chi connectivity index (χ1v) is 6.91. The molecule has 106 valence electrons. The maximum Gasteiger partial charge on any atom is 0.508 e. The molecule has 18 heavy (non-hydrogen) atoms. The predicted molar refractivity (Wildman–Crippen MR) is 69.2 cm³/mol. The fraction of sp³-hybridized carbons (Fsp3) is 0.929. The first kappa shape index (κ1) is 15.3. The van der Waals surface area contributed by atoms with Crippen LogP contribution in [0.4, 0.5) is 4.79 Å². The number of aliphatic hydroxyl groups is 1. The predicted octanol–water partition coefficient (Wildman–Crippen LogP) is 2.98. The van der Waals surface area contributed by atoms with Crippen molar-refractivity contribution in [3.8, 4) is 0 Å². The molecule has 0 amide bonds. The summed E-state index contributed by atoms with van der Waals surface area (Å²) in [5.41, 5.74) is 0. The van der Waals surface area contributed by atoms with Crippen LogP contribution in [0.3, 0.4) is 0 Å². The maximum atomic E-state index is 11.5. The smallest absolute Gasteiger partial charge is 0.432 e. The van der Waals surface area contributed by atoms with E-state index in [2.05, 4.69) is 20.8 Å². The van der Waals surface area contributed by atoms with Crippen molar-refractivity contribution in [3.05, 3.63) is 0 Å². The molecule has 4 heteroatoms. The Hall–Kier alpha value is -0.770. The van der Waals surface area contributed by atoms with Gasteiger partial charge in [0.05, 0.1) is 6.10 Å². The molecule has 0 aliphatic heterocycles. The summed E-state index contributed by atoms with van der Waals surface area (Å²) < 4.78 is 10.3. The molecule has 1 N–H and O–H groups in total. The minimum absolute atomic E-state index is 0.00650. The summed E-state index contributed by atoms with van der Waals surface area (Å²) in [6, 6.07) is 0. The molecule has 1 fully saturated rings. The SMILES string of the molecule is CC(O)COC(=O)O[C@@H]1C[C@H](C)CCC1C(C)C. The number of hydrogen-bond donors (Lipinski definition) is 1. The van der Waals surface area contributed by atoms with Crippen LogP contribution in [0, 0.1) is 17.8 Å². The third kappa shape index (κ3) is 4.84. The quantitative estimate of drug-likeness (QED) is 0.788. The Kier molecular flexibility index (Phi) is 5.93. The van der Waals surface area contributed by atoms with Crippen LogP contribution >= 0.6 is 0 Å². The van der Waals surface area contributed by atoms with Crippen LogP contribution in [0.25, 0.3) is 0 Å². The van der Waals surface area contributed by atoms with Gasteiger partial charge in [0.15, 0.2) is 0 Å². The summed E-state index contributed by atoms with van der Waals surface area (Å²) in [6.45, 7) is 8.09. The second-order valence-corrected chi connectivity index (χ2v) is 5.89. The Bertz CT molecular complexity index is 263. The zero-order chi connectivity index (χ0) is 13.7. The summed E-state index contributed by atoms with van der Waals surface area (Å²) in [4.78, 5) is 11.5. The second-order valence-electron chi connectivity index (χ2n) is 5.89. The highest BCUT2D eigenvalue weighted by molar-refractivity contribution is 5.60. The summed E-state index contributed by atoms with van der Waals surface area (Å²) in [7, 11) is 0. The molecule has 0 aromatic rings. The number of aliphatic hydroxyl groups excluding tert-OH is 1. The molecule has 1 aliphatic rings. The molecule has 4 atom stereocenters. The highest BCUT2D eigenvalue weighted by Gasteiger charge is 2.33. The van der Waals surface area contributed by atoms with Crippen LogP contribution in [-0.4, -0.2) is 30.1 Å². The van der Waals surface area contributed by atoms with Gasteiger partial charge in [0, 0.05) is 0 Å². The van der Waals surface area contributed by atoms with E-state index in [9.17, 15) is 4.79 Å². The van der Waals surface area contributed by atoms with E-state index in [1.807, 2.05) is 0 Å². The van der Waals surface area contributed by atoms with Gasteiger partial charge >= 0.3 is 6.16 Å². The van der Waals surface area contributed by atoms with Gasteiger partial charge in [-0.1, -0.05) is 27.2 Å². The zero-order valence-electron chi connectivity index (χ0n) is 11.9. The molecule has 0 saturated heterocycles. The fourth-order valence-electron chi connectivity index (χ4n) is 2.60. The normalized spacial score (nSPS) is 30.0. The third-order valence-electron chi connectivity index (χ3n) is 3.65. The zero-order valence-corrected chi connectivity index (χ0v) is 11.9. The number of carbonyl (C=O) groups is 1. The third-order valence-corrected chi connectivity index (χ3v) is 3.65. The molecule has 0 bridgehead atoms. The summed E-state index contributed by atoms with van der Waals surface area (Å²) in [5, 5.41) is 9.06. The average molecular weight is 258 g/mol. The standard InChI is InChI=1S/C14H26O4/c1-9(2)12-6-5-10(3)7-13(12)18-14(16)17-8-11(4)15/h9-13,15H,5-8H2,1-4H3/t10-,11?,12?,13-/m1/s1. The van der Waals surface area contributed by atoms with Crippen molar-refractivity contribution in [2.75, 3.05) is 6.61 Å². The van der Waals surface area contributed by atoms with Crippen molar-refractivity contribution in [1.29, 1.82) is 0 Å². The van der Waals surface area contributed by atoms with Crippen LogP contribution in [0.2, 0.25) is 0 Å². The van der Waals surface area contributed by atoms with Gasteiger partial charge in [0.1, 0.15) is 12.7 Å². The summed E-state index contributed by atoms with van der Waals surface area (Å²) in [6.07, 6.45) is 1.87. The molecule has 2 unspecified atom stereocenters. The monoisotopic (exact) mass is 258 g/mol. The van der Waals surface area contributed by atoms with Crippen LogP contribution in [0.5, 0.6) is 0 Å². The van der Waals surface area contributed by atoms with Crippen LogP contribution < -0.4 is 0 Å². The summed E-state index contributed by atoms with van der Waals surface area (Å²) in [5.74, 6) is 1.52. The maximum absolute atomic E-state index is 11.5. The molecule has 0 spiro atoms. The molecule has 1 rings (SSSR count). The van der Waals surface area contributed by atoms with Crippen molar-refractivity contribution in [1.82, 2.24) is 0 Å². The lowest BCUT2D eigenvalue weighted by molar-refractivity contribution is -0.0412. The topological polar surface area (TPSA) is 55.8 Å². The van der Waals surface area contributed by atoms with E-state index in [0.29, 0.717) is 17.8 Å². The molecule has 1 saturated carbocycles. The lowest BCUT2D eigenvalue weighted by Gasteiger charge is -2.36. The Morgan fingerprint density at radius 1 is 1.33 bits per heavy atom. The lowest BCUT2D eigenvalue weighted by Crippen LogP contribution is -2.36.